The molecule has 172 valence electrons. The van der Waals surface area contributed by atoms with Gasteiger partial charge in [-0.2, -0.15) is 0 Å². The number of hydrogen-bond donors (Lipinski definition) is 1. The monoisotopic (exact) mass is 434 g/mol. The van der Waals surface area contributed by atoms with E-state index in [1.165, 1.54) is 6.42 Å². The second-order valence-electron chi connectivity index (χ2n) is 11.7. The highest BCUT2D eigenvalue weighted by Gasteiger charge is 2.69. The lowest BCUT2D eigenvalue weighted by molar-refractivity contribution is -0.199. The van der Waals surface area contributed by atoms with Crippen LogP contribution in [-0.2, 0) is 23.6 Å². The largest absolute Gasteiger partial charge is 0.482 e. The molecule has 3 aliphatic heterocycles. The predicted molar refractivity (Wildman–Crippen MR) is 113 cm³/mol. The molecule has 0 spiro atoms. The molecule has 1 N–H and O–H groups in total. The molecule has 2 bridgehead atoms. The van der Waals surface area contributed by atoms with E-state index in [-0.39, 0.29) is 41.8 Å². The van der Waals surface area contributed by atoms with Crippen molar-refractivity contribution in [1.82, 2.24) is 10.2 Å². The quantitative estimate of drug-likeness (QED) is 0.673. The van der Waals surface area contributed by atoms with Crippen molar-refractivity contribution in [3.05, 3.63) is 0 Å². The number of rotatable bonds is 2. The summed E-state index contributed by atoms with van der Waals surface area (Å²) in [6.45, 7) is 12.4. The third-order valence-corrected chi connectivity index (χ3v) is 8.36. The van der Waals surface area contributed by atoms with E-state index in [9.17, 15) is 9.59 Å². The van der Waals surface area contributed by atoms with Crippen LogP contribution in [0.25, 0.3) is 0 Å². The minimum atomic E-state index is -0.766. The molecule has 6 rings (SSSR count). The molecule has 6 aliphatic rings. The zero-order valence-electron chi connectivity index (χ0n) is 19.5. The highest BCUT2D eigenvalue weighted by molar-refractivity contribution is 6.48. The number of carbonyl (C=O) groups is 2. The summed E-state index contributed by atoms with van der Waals surface area (Å²) in [6, 6.07) is -0.766. The van der Waals surface area contributed by atoms with Crippen LogP contribution < -0.4 is 5.32 Å². The third kappa shape index (κ3) is 3.30. The van der Waals surface area contributed by atoms with Gasteiger partial charge in [0.15, 0.2) is 0 Å². The number of ether oxygens (including phenoxy) is 2. The number of hydrogen-bond acceptors (Lipinski definition) is 6. The molecule has 0 aromatic carbocycles. The van der Waals surface area contributed by atoms with Crippen molar-refractivity contribution in [2.24, 2.45) is 17.3 Å². The molecule has 3 saturated carbocycles. The maximum Gasteiger partial charge on any atom is 0.482 e. The standard InChI is InChI=1S/C22H35BN2O6/c1-20(2,3)29-19(27)24-13-11-28-17-8-7-16(25(17)18(13)26)23-30-15-10-12-9-14(21(12,4)5)22(15,6)31-23/h12-17H,7-11H2,1-6H3,(H,24,27)/t12-,13+,14-,15+,16-,17+,22-/m0/s1. The Morgan fingerprint density at radius 3 is 2.65 bits per heavy atom. The van der Waals surface area contributed by atoms with Crippen molar-refractivity contribution >= 4 is 19.1 Å². The maximum absolute atomic E-state index is 13.3. The van der Waals surface area contributed by atoms with Crippen LogP contribution in [0.2, 0.25) is 0 Å². The molecule has 7 atom stereocenters. The maximum atomic E-state index is 13.3. The van der Waals surface area contributed by atoms with E-state index in [0.717, 1.165) is 19.3 Å². The Morgan fingerprint density at radius 2 is 1.97 bits per heavy atom. The topological polar surface area (TPSA) is 86.3 Å². The van der Waals surface area contributed by atoms with Crippen molar-refractivity contribution < 1.29 is 28.4 Å². The first-order valence-corrected chi connectivity index (χ1v) is 11.7. The fraction of sp³-hybridized carbons (Fsp3) is 0.909. The normalized spacial score (nSPS) is 43.2. The van der Waals surface area contributed by atoms with Crippen molar-refractivity contribution in [2.45, 2.75) is 103 Å². The van der Waals surface area contributed by atoms with Crippen LogP contribution in [0.3, 0.4) is 0 Å². The fourth-order valence-electron chi connectivity index (χ4n) is 6.62. The smallest absolute Gasteiger partial charge is 0.444 e. The highest BCUT2D eigenvalue weighted by atomic mass is 16.7. The molecule has 0 radical (unpaired) electrons. The molecule has 3 heterocycles. The Hall–Kier alpha value is -1.32. The van der Waals surface area contributed by atoms with Crippen molar-refractivity contribution in [3.8, 4) is 0 Å². The zero-order valence-corrected chi connectivity index (χ0v) is 19.5. The summed E-state index contributed by atoms with van der Waals surface area (Å²) in [5.74, 6) is 0.794. The molecular weight excluding hydrogens is 399 g/mol. The van der Waals surface area contributed by atoms with Crippen LogP contribution in [0.4, 0.5) is 4.79 Å². The van der Waals surface area contributed by atoms with Crippen LogP contribution in [-0.4, -0.2) is 66.1 Å². The second kappa shape index (κ2) is 6.84. The summed E-state index contributed by atoms with van der Waals surface area (Å²) in [5, 5.41) is 2.67. The number of nitrogens with zero attached hydrogens (tertiary/aromatic N) is 1. The van der Waals surface area contributed by atoms with Crippen molar-refractivity contribution in [2.75, 3.05) is 6.61 Å². The lowest BCUT2D eigenvalue weighted by atomic mass is 9.43. The van der Waals surface area contributed by atoms with Crippen molar-refractivity contribution in [1.29, 1.82) is 0 Å². The number of amides is 2. The average molecular weight is 434 g/mol. The Balaban J connectivity index is 1.29. The summed E-state index contributed by atoms with van der Waals surface area (Å²) in [7, 11) is -0.456. The minimum Gasteiger partial charge on any atom is -0.444 e. The molecule has 0 aromatic rings. The van der Waals surface area contributed by atoms with Crippen LogP contribution in [0, 0.1) is 17.3 Å². The summed E-state index contributed by atoms with van der Waals surface area (Å²) >= 11 is 0. The van der Waals surface area contributed by atoms with Gasteiger partial charge in [-0.1, -0.05) is 13.8 Å². The zero-order chi connectivity index (χ0) is 22.3. The van der Waals surface area contributed by atoms with E-state index in [2.05, 4.69) is 26.1 Å². The first kappa shape index (κ1) is 21.5. The van der Waals surface area contributed by atoms with Crippen LogP contribution in [0.1, 0.15) is 67.2 Å². The molecule has 2 amide bonds. The molecule has 8 nitrogen and oxygen atoms in total. The van der Waals surface area contributed by atoms with E-state index in [1.807, 2.05) is 0 Å². The van der Waals surface area contributed by atoms with Gasteiger partial charge in [0.05, 0.1) is 24.3 Å². The number of nitrogens with one attached hydrogen (secondary N) is 1. The molecule has 0 unspecified atom stereocenters. The lowest BCUT2D eigenvalue weighted by Gasteiger charge is -2.64. The average Bonchev–Trinajstić information content (AvgIpc) is 3.22. The predicted octanol–water partition coefficient (Wildman–Crippen LogP) is 2.49. The molecule has 31 heavy (non-hydrogen) atoms. The Kier molecular flexibility index (Phi) is 4.75. The van der Waals surface area contributed by atoms with E-state index in [0.29, 0.717) is 11.8 Å². The molecule has 0 aromatic heterocycles. The van der Waals surface area contributed by atoms with Gasteiger partial charge in [0.1, 0.15) is 17.9 Å². The molecular formula is C22H35BN2O6. The molecule has 9 heteroatoms. The fourth-order valence-corrected chi connectivity index (χ4v) is 6.62. The number of alkyl carbamates (subject to hydrolysis) is 1. The SMILES string of the molecule is CC(C)(C)OC(=O)N[C@@H]1CO[C@@H]2CC[C@@H](B3O[C@@H]4C[C@@H]5C[C@@H](C5(C)C)[C@]4(C)O3)N2C1=O. The summed E-state index contributed by atoms with van der Waals surface area (Å²) < 4.78 is 24.3. The Labute approximate surface area is 184 Å². The van der Waals surface area contributed by atoms with Crippen LogP contribution in [0.15, 0.2) is 0 Å². The molecule has 6 fully saturated rings. The van der Waals surface area contributed by atoms with E-state index in [1.54, 1.807) is 25.7 Å². The van der Waals surface area contributed by atoms with E-state index in [4.69, 9.17) is 18.8 Å². The summed E-state index contributed by atoms with van der Waals surface area (Å²) in [4.78, 5) is 27.3. The van der Waals surface area contributed by atoms with Gasteiger partial charge in [0.25, 0.3) is 0 Å². The highest BCUT2D eigenvalue weighted by Crippen LogP contribution is 2.66. The van der Waals surface area contributed by atoms with Gasteiger partial charge >= 0.3 is 13.2 Å². The van der Waals surface area contributed by atoms with Gasteiger partial charge in [-0.25, -0.2) is 4.79 Å². The Bertz CT molecular complexity index is 784. The van der Waals surface area contributed by atoms with Gasteiger partial charge in [-0.15, -0.1) is 0 Å². The first-order valence-electron chi connectivity index (χ1n) is 11.7. The van der Waals surface area contributed by atoms with Crippen molar-refractivity contribution in [3.63, 3.8) is 0 Å². The van der Waals surface area contributed by atoms with Gasteiger partial charge in [0, 0.05) is 0 Å². The Morgan fingerprint density at radius 1 is 1.23 bits per heavy atom. The van der Waals surface area contributed by atoms with Crippen LogP contribution >= 0.6 is 0 Å². The number of carbonyl (C=O) groups excluding carboxylic acids is 2. The molecule has 3 saturated heterocycles. The van der Waals surface area contributed by atoms with Gasteiger partial charge < -0.3 is 29.0 Å². The minimum absolute atomic E-state index is 0.0739. The summed E-state index contributed by atoms with van der Waals surface area (Å²) in [5.41, 5.74) is -0.670. The lowest BCUT2D eigenvalue weighted by Crippen LogP contribution is -2.65. The second-order valence-corrected chi connectivity index (χ2v) is 11.7. The number of fused-ring (bicyclic) bond motifs is 1. The van der Waals surface area contributed by atoms with Crippen LogP contribution in [0.5, 0.6) is 0 Å². The van der Waals surface area contributed by atoms with Gasteiger partial charge in [-0.05, 0) is 70.6 Å². The third-order valence-electron chi connectivity index (χ3n) is 8.36. The van der Waals surface area contributed by atoms with E-state index < -0.39 is 24.9 Å². The first-order chi connectivity index (χ1) is 14.4. The molecule has 3 aliphatic carbocycles. The summed E-state index contributed by atoms with van der Waals surface area (Å²) in [6.07, 6.45) is 2.89. The van der Waals surface area contributed by atoms with Gasteiger partial charge in [-0.3, -0.25) is 4.79 Å². The van der Waals surface area contributed by atoms with Gasteiger partial charge in [0.2, 0.25) is 5.91 Å². The van der Waals surface area contributed by atoms with E-state index >= 15 is 0 Å².